The summed E-state index contributed by atoms with van der Waals surface area (Å²) in [7, 11) is 0. The van der Waals surface area contributed by atoms with Crippen LogP contribution in [0.1, 0.15) is 38.8 Å². The van der Waals surface area contributed by atoms with Gasteiger partial charge >= 0.3 is 0 Å². The molecular weight excluding hydrogens is 250 g/mol. The van der Waals surface area contributed by atoms with E-state index in [1.165, 1.54) is 5.56 Å². The molecule has 4 heteroatoms. The van der Waals surface area contributed by atoms with Crippen LogP contribution in [0.5, 0.6) is 5.75 Å². The highest BCUT2D eigenvalue weighted by atomic mass is 16.5. The first-order chi connectivity index (χ1) is 9.47. The summed E-state index contributed by atoms with van der Waals surface area (Å²) in [6, 6.07) is 6.19. The third-order valence-electron chi connectivity index (χ3n) is 3.08. The summed E-state index contributed by atoms with van der Waals surface area (Å²) in [5.41, 5.74) is 8.26. The van der Waals surface area contributed by atoms with Crippen LogP contribution in [0.4, 0.5) is 0 Å². The molecule has 20 heavy (non-hydrogen) atoms. The normalized spacial score (nSPS) is 11.8. The summed E-state index contributed by atoms with van der Waals surface area (Å²) in [6.45, 7) is 12.6. The average molecular weight is 277 g/mol. The quantitative estimate of drug-likeness (QED) is 0.642. The van der Waals surface area contributed by atoms with Crippen LogP contribution in [0.2, 0.25) is 0 Å². The van der Waals surface area contributed by atoms with Crippen LogP contribution in [-0.2, 0) is 6.54 Å². The molecule has 0 unspecified atom stereocenters. The molecule has 0 bridgehead atoms. The standard InChI is InChI=1S/C16H27N3O/c1-6-19(7-2)16(17)18-11-14-9-8-13(5)10-15(14)20-12(3)4/h8-10,12H,6-7,11H2,1-5H3,(H2,17,18). The fraction of sp³-hybridized carbons (Fsp3) is 0.562. The van der Waals surface area contributed by atoms with Crippen molar-refractivity contribution in [2.24, 2.45) is 10.7 Å². The van der Waals surface area contributed by atoms with Crippen molar-refractivity contribution in [1.82, 2.24) is 4.90 Å². The van der Waals surface area contributed by atoms with Crippen LogP contribution in [-0.4, -0.2) is 30.1 Å². The van der Waals surface area contributed by atoms with Gasteiger partial charge in [0.1, 0.15) is 5.75 Å². The van der Waals surface area contributed by atoms with Gasteiger partial charge in [0.05, 0.1) is 12.6 Å². The van der Waals surface area contributed by atoms with Crippen LogP contribution >= 0.6 is 0 Å². The smallest absolute Gasteiger partial charge is 0.191 e. The maximum absolute atomic E-state index is 6.00. The molecule has 112 valence electrons. The Morgan fingerprint density at radius 2 is 1.95 bits per heavy atom. The zero-order valence-corrected chi connectivity index (χ0v) is 13.3. The van der Waals surface area contributed by atoms with Crippen molar-refractivity contribution in [3.63, 3.8) is 0 Å². The van der Waals surface area contributed by atoms with Crippen LogP contribution < -0.4 is 10.5 Å². The van der Waals surface area contributed by atoms with Gasteiger partial charge < -0.3 is 15.4 Å². The van der Waals surface area contributed by atoms with Crippen LogP contribution in [0.15, 0.2) is 23.2 Å². The fourth-order valence-corrected chi connectivity index (χ4v) is 1.97. The van der Waals surface area contributed by atoms with Gasteiger partial charge in [-0.15, -0.1) is 0 Å². The Balaban J connectivity index is 2.89. The number of hydrogen-bond acceptors (Lipinski definition) is 2. The topological polar surface area (TPSA) is 50.8 Å². The molecule has 0 heterocycles. The van der Waals surface area contributed by atoms with Gasteiger partial charge in [0.2, 0.25) is 0 Å². The summed E-state index contributed by atoms with van der Waals surface area (Å²) < 4.78 is 5.85. The molecule has 0 radical (unpaired) electrons. The lowest BCUT2D eigenvalue weighted by Crippen LogP contribution is -2.37. The van der Waals surface area contributed by atoms with Crippen LogP contribution in [0, 0.1) is 6.92 Å². The van der Waals surface area contributed by atoms with Crippen molar-refractivity contribution in [3.05, 3.63) is 29.3 Å². The molecule has 0 aliphatic rings. The van der Waals surface area contributed by atoms with E-state index in [-0.39, 0.29) is 6.10 Å². The van der Waals surface area contributed by atoms with Gasteiger partial charge in [-0.2, -0.15) is 0 Å². The van der Waals surface area contributed by atoms with Gasteiger partial charge in [0.15, 0.2) is 5.96 Å². The van der Waals surface area contributed by atoms with Crippen molar-refractivity contribution in [2.45, 2.75) is 47.3 Å². The van der Waals surface area contributed by atoms with E-state index in [2.05, 4.69) is 44.0 Å². The van der Waals surface area contributed by atoms with E-state index in [1.807, 2.05) is 18.7 Å². The second kappa shape index (κ2) is 7.78. The second-order valence-electron chi connectivity index (χ2n) is 5.12. The number of rotatable bonds is 6. The number of guanidine groups is 1. The summed E-state index contributed by atoms with van der Waals surface area (Å²) in [5.74, 6) is 1.49. The maximum Gasteiger partial charge on any atom is 0.191 e. The predicted molar refractivity (Wildman–Crippen MR) is 85.2 cm³/mol. The molecule has 1 rings (SSSR count). The molecule has 0 saturated carbocycles. The van der Waals surface area contributed by atoms with Gasteiger partial charge in [-0.25, -0.2) is 4.99 Å². The molecule has 0 aromatic heterocycles. The first-order valence-electron chi connectivity index (χ1n) is 7.28. The Morgan fingerprint density at radius 1 is 1.30 bits per heavy atom. The predicted octanol–water partition coefficient (Wildman–Crippen LogP) is 2.94. The molecule has 0 aliphatic heterocycles. The van der Waals surface area contributed by atoms with E-state index >= 15 is 0 Å². The lowest BCUT2D eigenvalue weighted by molar-refractivity contribution is 0.240. The van der Waals surface area contributed by atoms with Crippen molar-refractivity contribution in [1.29, 1.82) is 0 Å². The number of benzene rings is 1. The minimum Gasteiger partial charge on any atom is -0.491 e. The SMILES string of the molecule is CCN(CC)C(N)=NCc1ccc(C)cc1OC(C)C. The van der Waals surface area contributed by atoms with Crippen LogP contribution in [0.25, 0.3) is 0 Å². The molecule has 0 saturated heterocycles. The molecule has 1 aromatic carbocycles. The zero-order valence-electron chi connectivity index (χ0n) is 13.3. The van der Waals surface area contributed by atoms with E-state index in [9.17, 15) is 0 Å². The first kappa shape index (κ1) is 16.3. The molecule has 0 aliphatic carbocycles. The highest BCUT2D eigenvalue weighted by molar-refractivity contribution is 5.78. The zero-order chi connectivity index (χ0) is 15.1. The van der Waals surface area contributed by atoms with E-state index < -0.39 is 0 Å². The van der Waals surface area contributed by atoms with E-state index in [0.29, 0.717) is 12.5 Å². The fourth-order valence-electron chi connectivity index (χ4n) is 1.97. The average Bonchev–Trinajstić information content (AvgIpc) is 2.38. The summed E-state index contributed by atoms with van der Waals surface area (Å²) >= 11 is 0. The number of hydrogen-bond donors (Lipinski definition) is 1. The number of aryl methyl sites for hydroxylation is 1. The number of nitrogens with zero attached hydrogens (tertiary/aromatic N) is 2. The highest BCUT2D eigenvalue weighted by Crippen LogP contribution is 2.22. The first-order valence-corrected chi connectivity index (χ1v) is 7.28. The minimum absolute atomic E-state index is 0.152. The highest BCUT2D eigenvalue weighted by Gasteiger charge is 2.07. The van der Waals surface area contributed by atoms with Crippen molar-refractivity contribution < 1.29 is 4.74 Å². The molecule has 0 amide bonds. The van der Waals surface area contributed by atoms with Crippen LogP contribution in [0.3, 0.4) is 0 Å². The minimum atomic E-state index is 0.152. The van der Waals surface area contributed by atoms with E-state index in [1.54, 1.807) is 0 Å². The van der Waals surface area contributed by atoms with Gasteiger partial charge in [-0.1, -0.05) is 12.1 Å². The van der Waals surface area contributed by atoms with Gasteiger partial charge in [-0.3, -0.25) is 0 Å². The third kappa shape index (κ3) is 4.76. The van der Waals surface area contributed by atoms with Gasteiger partial charge in [0.25, 0.3) is 0 Å². The molecule has 0 atom stereocenters. The lowest BCUT2D eigenvalue weighted by Gasteiger charge is -2.20. The van der Waals surface area contributed by atoms with Crippen molar-refractivity contribution >= 4 is 5.96 Å². The molecule has 4 nitrogen and oxygen atoms in total. The summed E-state index contributed by atoms with van der Waals surface area (Å²) in [4.78, 5) is 6.51. The number of aliphatic imine (C=N–C) groups is 1. The van der Waals surface area contributed by atoms with Crippen molar-refractivity contribution in [3.8, 4) is 5.75 Å². The van der Waals surface area contributed by atoms with Gasteiger partial charge in [0, 0.05) is 18.7 Å². The summed E-state index contributed by atoms with van der Waals surface area (Å²) in [6.07, 6.45) is 0.152. The Bertz CT molecular complexity index is 451. The molecule has 2 N–H and O–H groups in total. The Hall–Kier alpha value is -1.71. The third-order valence-corrected chi connectivity index (χ3v) is 3.08. The monoisotopic (exact) mass is 277 g/mol. The largest absolute Gasteiger partial charge is 0.491 e. The lowest BCUT2D eigenvalue weighted by atomic mass is 10.1. The van der Waals surface area contributed by atoms with E-state index in [0.717, 1.165) is 24.4 Å². The second-order valence-corrected chi connectivity index (χ2v) is 5.12. The maximum atomic E-state index is 6.00. The molecule has 0 spiro atoms. The molecular formula is C16H27N3O. The molecule has 1 aromatic rings. The number of ether oxygens (including phenoxy) is 1. The Labute approximate surface area is 122 Å². The molecule has 0 fully saturated rings. The Kier molecular flexibility index (Phi) is 6.36. The summed E-state index contributed by atoms with van der Waals surface area (Å²) in [5, 5.41) is 0. The van der Waals surface area contributed by atoms with Crippen molar-refractivity contribution in [2.75, 3.05) is 13.1 Å². The van der Waals surface area contributed by atoms with E-state index in [4.69, 9.17) is 10.5 Å². The van der Waals surface area contributed by atoms with Gasteiger partial charge in [-0.05, 0) is 46.2 Å². The number of nitrogens with two attached hydrogens (primary N) is 1. The Morgan fingerprint density at radius 3 is 2.50 bits per heavy atom.